The highest BCUT2D eigenvalue weighted by Gasteiger charge is 2.17. The molecule has 0 aliphatic heterocycles. The van der Waals surface area contributed by atoms with E-state index in [-0.39, 0.29) is 25.2 Å². The van der Waals surface area contributed by atoms with E-state index in [2.05, 4.69) is 81.3 Å². The Labute approximate surface area is 191 Å². The van der Waals surface area contributed by atoms with Gasteiger partial charge in [-0.1, -0.05) is 44.2 Å². The molecular weight excluding hydrogens is 424 g/mol. The van der Waals surface area contributed by atoms with E-state index in [0.29, 0.717) is 30.5 Å². The van der Waals surface area contributed by atoms with Gasteiger partial charge in [0.2, 0.25) is 11.9 Å². The Morgan fingerprint density at radius 1 is 1.09 bits per heavy atom. The highest BCUT2D eigenvalue weighted by molar-refractivity contribution is 7.13. The molecule has 1 atom stereocenters. The number of thiophene rings is 1. The number of hydrogen-bond donors (Lipinski definition) is 4. The number of nitrogens with one attached hydrogen (secondary N) is 2. The summed E-state index contributed by atoms with van der Waals surface area (Å²) in [6.45, 7) is 4.61. The van der Waals surface area contributed by atoms with Crippen LogP contribution in [0, 0.1) is 0 Å². The minimum absolute atomic E-state index is 0.0308. The van der Waals surface area contributed by atoms with E-state index in [1.54, 1.807) is 15.9 Å². The fraction of sp³-hybridized carbons (Fsp3) is 0.348. The number of rotatable bonds is 10. The first-order valence-electron chi connectivity index (χ1n) is 10.7. The third-order valence-electron chi connectivity index (χ3n) is 5.26. The van der Waals surface area contributed by atoms with Crippen molar-refractivity contribution in [2.45, 2.75) is 38.8 Å². The Hall–Kier alpha value is -3.01. The predicted octanol–water partition coefficient (Wildman–Crippen LogP) is 3.74. The van der Waals surface area contributed by atoms with Gasteiger partial charge in [0.15, 0.2) is 5.65 Å². The maximum atomic E-state index is 9.59. The van der Waals surface area contributed by atoms with E-state index in [4.69, 9.17) is 0 Å². The van der Waals surface area contributed by atoms with Crippen LogP contribution in [0.3, 0.4) is 0 Å². The second-order valence-electron chi connectivity index (χ2n) is 7.92. The molecule has 0 aliphatic carbocycles. The molecule has 3 aromatic heterocycles. The number of anilines is 2. The van der Waals surface area contributed by atoms with Gasteiger partial charge in [0.1, 0.15) is 0 Å². The molecule has 0 spiro atoms. The van der Waals surface area contributed by atoms with Gasteiger partial charge in [-0.15, -0.1) is 11.3 Å². The fourth-order valence-electron chi connectivity index (χ4n) is 3.44. The highest BCUT2D eigenvalue weighted by atomic mass is 32.1. The number of aliphatic hydroxyl groups is 2. The summed E-state index contributed by atoms with van der Waals surface area (Å²) >= 11 is 1.73. The number of benzene rings is 1. The molecular formula is C23H28N6O2S. The first-order valence-corrected chi connectivity index (χ1v) is 11.6. The summed E-state index contributed by atoms with van der Waals surface area (Å²) in [4.78, 5) is 10.5. The van der Waals surface area contributed by atoms with Crippen molar-refractivity contribution in [2.24, 2.45) is 0 Å². The fourth-order valence-corrected chi connectivity index (χ4v) is 4.17. The molecule has 9 heteroatoms. The van der Waals surface area contributed by atoms with Crippen LogP contribution in [0.25, 0.3) is 16.1 Å². The van der Waals surface area contributed by atoms with Gasteiger partial charge < -0.3 is 20.8 Å². The molecule has 4 N–H and O–H groups in total. The first-order chi connectivity index (χ1) is 15.6. The molecule has 0 fully saturated rings. The van der Waals surface area contributed by atoms with Gasteiger partial charge in [-0.2, -0.15) is 19.6 Å². The SMILES string of the molecule is CC(C)c1cnn2c(NCc3ccc(-c4cccs4)cc3)nc(N[C@@H](CO)CCO)nc12. The van der Waals surface area contributed by atoms with Crippen molar-refractivity contribution in [1.29, 1.82) is 0 Å². The Bertz CT molecular complexity index is 1140. The Morgan fingerprint density at radius 3 is 2.56 bits per heavy atom. The number of aromatic nitrogens is 4. The topological polar surface area (TPSA) is 108 Å². The third-order valence-corrected chi connectivity index (χ3v) is 6.18. The van der Waals surface area contributed by atoms with Gasteiger partial charge in [0.25, 0.3) is 0 Å². The number of hydrogen-bond acceptors (Lipinski definition) is 8. The number of aliphatic hydroxyl groups excluding tert-OH is 2. The van der Waals surface area contributed by atoms with Gasteiger partial charge in [0, 0.05) is 23.6 Å². The number of fused-ring (bicyclic) bond motifs is 1. The van der Waals surface area contributed by atoms with Crippen molar-refractivity contribution in [3.63, 3.8) is 0 Å². The van der Waals surface area contributed by atoms with Crippen LogP contribution < -0.4 is 10.6 Å². The normalized spacial score (nSPS) is 12.4. The summed E-state index contributed by atoms with van der Waals surface area (Å²) in [7, 11) is 0. The lowest BCUT2D eigenvalue weighted by Crippen LogP contribution is -2.26. The Balaban J connectivity index is 1.59. The quantitative estimate of drug-likeness (QED) is 0.290. The van der Waals surface area contributed by atoms with E-state index in [9.17, 15) is 10.2 Å². The van der Waals surface area contributed by atoms with Crippen LogP contribution in [0.15, 0.2) is 48.0 Å². The van der Waals surface area contributed by atoms with E-state index in [0.717, 1.165) is 11.1 Å². The summed E-state index contributed by atoms with van der Waals surface area (Å²) in [5.74, 6) is 1.20. The molecule has 0 amide bonds. The van der Waals surface area contributed by atoms with Gasteiger partial charge in [-0.3, -0.25) is 0 Å². The molecule has 0 aliphatic rings. The molecule has 0 unspecified atom stereocenters. The monoisotopic (exact) mass is 452 g/mol. The second-order valence-corrected chi connectivity index (χ2v) is 8.87. The first kappa shape index (κ1) is 22.2. The van der Waals surface area contributed by atoms with Crippen molar-refractivity contribution in [3.8, 4) is 10.4 Å². The van der Waals surface area contributed by atoms with Crippen molar-refractivity contribution >= 4 is 28.9 Å². The number of nitrogens with zero attached hydrogens (tertiary/aromatic N) is 4. The maximum absolute atomic E-state index is 9.59. The van der Waals surface area contributed by atoms with Crippen molar-refractivity contribution in [1.82, 2.24) is 19.6 Å². The van der Waals surface area contributed by atoms with Crippen LogP contribution in [-0.2, 0) is 6.54 Å². The standard InChI is InChI=1S/C23H28N6O2S/c1-15(2)19-13-25-29-21(19)27-22(26-18(14-31)9-10-30)28-23(29)24-12-16-5-7-17(8-6-16)20-4-3-11-32-20/h3-8,11,13,15,18,30-31H,9-10,12,14H2,1-2H3,(H2,24,26,27,28)/t18-/m1/s1. The summed E-state index contributed by atoms with van der Waals surface area (Å²) in [5.41, 5.74) is 4.05. The summed E-state index contributed by atoms with van der Waals surface area (Å²) in [6, 6.07) is 12.3. The Morgan fingerprint density at radius 2 is 1.91 bits per heavy atom. The Kier molecular flexibility index (Phi) is 6.99. The molecule has 4 aromatic rings. The van der Waals surface area contributed by atoms with E-state index < -0.39 is 0 Å². The molecule has 1 aromatic carbocycles. The predicted molar refractivity (Wildman–Crippen MR) is 128 cm³/mol. The van der Waals surface area contributed by atoms with Crippen LogP contribution in [0.2, 0.25) is 0 Å². The smallest absolute Gasteiger partial charge is 0.229 e. The van der Waals surface area contributed by atoms with Gasteiger partial charge in [-0.05, 0) is 34.9 Å². The van der Waals surface area contributed by atoms with E-state index >= 15 is 0 Å². The molecule has 0 radical (unpaired) electrons. The second kappa shape index (κ2) is 10.1. The summed E-state index contributed by atoms with van der Waals surface area (Å²) in [6.07, 6.45) is 2.22. The van der Waals surface area contributed by atoms with Crippen LogP contribution in [-0.4, -0.2) is 49.1 Å². The van der Waals surface area contributed by atoms with E-state index in [1.165, 1.54) is 10.4 Å². The maximum Gasteiger partial charge on any atom is 0.229 e. The average Bonchev–Trinajstić information content (AvgIpc) is 3.48. The van der Waals surface area contributed by atoms with Crippen molar-refractivity contribution < 1.29 is 10.2 Å². The van der Waals surface area contributed by atoms with Gasteiger partial charge in [-0.25, -0.2) is 0 Å². The molecule has 4 rings (SSSR count). The molecule has 32 heavy (non-hydrogen) atoms. The van der Waals surface area contributed by atoms with Crippen molar-refractivity contribution in [3.05, 3.63) is 59.1 Å². The summed E-state index contributed by atoms with van der Waals surface area (Å²) < 4.78 is 1.71. The lowest BCUT2D eigenvalue weighted by atomic mass is 10.1. The van der Waals surface area contributed by atoms with Crippen molar-refractivity contribution in [2.75, 3.05) is 23.8 Å². The molecule has 3 heterocycles. The minimum Gasteiger partial charge on any atom is -0.396 e. The zero-order valence-corrected chi connectivity index (χ0v) is 19.0. The van der Waals surface area contributed by atoms with Gasteiger partial charge in [0.05, 0.1) is 18.8 Å². The molecule has 0 bridgehead atoms. The third kappa shape index (κ3) is 4.90. The van der Waals surface area contributed by atoms with Crippen LogP contribution in [0.4, 0.5) is 11.9 Å². The summed E-state index contributed by atoms with van der Waals surface area (Å²) in [5, 5.41) is 31.9. The van der Waals surface area contributed by atoms with Crippen LogP contribution >= 0.6 is 11.3 Å². The molecule has 0 saturated carbocycles. The molecule has 168 valence electrons. The zero-order chi connectivity index (χ0) is 22.5. The lowest BCUT2D eigenvalue weighted by Gasteiger charge is -2.16. The lowest BCUT2D eigenvalue weighted by molar-refractivity contribution is 0.228. The largest absolute Gasteiger partial charge is 0.396 e. The van der Waals surface area contributed by atoms with Gasteiger partial charge >= 0.3 is 0 Å². The molecule has 0 saturated heterocycles. The zero-order valence-electron chi connectivity index (χ0n) is 18.2. The van der Waals surface area contributed by atoms with Crippen LogP contribution in [0.1, 0.15) is 37.3 Å². The average molecular weight is 453 g/mol. The van der Waals surface area contributed by atoms with E-state index in [1.807, 2.05) is 6.20 Å². The molecule has 8 nitrogen and oxygen atoms in total. The minimum atomic E-state index is -0.328. The highest BCUT2D eigenvalue weighted by Crippen LogP contribution is 2.25. The van der Waals surface area contributed by atoms with Crippen LogP contribution in [0.5, 0.6) is 0 Å².